The molecular formula is C21H26N2O4S. The number of hydrogen-bond donors (Lipinski definition) is 0. The van der Waals surface area contributed by atoms with Crippen molar-refractivity contribution in [3.8, 4) is 5.75 Å². The van der Waals surface area contributed by atoms with Crippen molar-refractivity contribution in [3.63, 3.8) is 0 Å². The molecule has 1 heterocycles. The lowest BCUT2D eigenvalue weighted by molar-refractivity contribution is -0.125. The van der Waals surface area contributed by atoms with Crippen LogP contribution in [0, 0.1) is 6.92 Å². The van der Waals surface area contributed by atoms with Crippen LogP contribution in [0.2, 0.25) is 0 Å². The number of carbonyl (C=O) groups is 1. The molecule has 0 N–H and O–H groups in total. The first-order chi connectivity index (χ1) is 13.2. The van der Waals surface area contributed by atoms with E-state index in [1.165, 1.54) is 18.4 Å². The Morgan fingerprint density at radius 1 is 1.21 bits per heavy atom. The molecule has 6 nitrogen and oxygen atoms in total. The Balaban J connectivity index is 1.83. The first-order valence-electron chi connectivity index (χ1n) is 9.34. The minimum absolute atomic E-state index is 0.106. The van der Waals surface area contributed by atoms with E-state index in [1.54, 1.807) is 23.1 Å². The quantitative estimate of drug-likeness (QED) is 0.745. The molecule has 150 valence electrons. The maximum Gasteiger partial charge on any atom is 0.268 e. The van der Waals surface area contributed by atoms with E-state index >= 15 is 0 Å². The monoisotopic (exact) mass is 402 g/mol. The minimum atomic E-state index is -3.50. The topological polar surface area (TPSA) is 66.9 Å². The Labute approximate surface area is 166 Å². The summed E-state index contributed by atoms with van der Waals surface area (Å²) in [5.41, 5.74) is 2.69. The normalized spacial score (nSPS) is 14.8. The van der Waals surface area contributed by atoms with Crippen molar-refractivity contribution in [1.29, 1.82) is 0 Å². The van der Waals surface area contributed by atoms with Crippen LogP contribution in [0.3, 0.4) is 0 Å². The Kier molecular flexibility index (Phi) is 5.76. The minimum Gasteiger partial charge on any atom is -0.481 e. The lowest BCUT2D eigenvalue weighted by Gasteiger charge is -2.24. The standard InChI is InChI=1S/C21H26N2O4S/c1-5-20(27-17-8-6-7-15(2)13-17)21(24)23-12-11-16-14-18(9-10-19(16)23)28(25,26)22(3)4/h6-10,13-14,20H,5,11-12H2,1-4H3/t20-/m0/s1. The molecule has 0 unspecified atom stereocenters. The molecule has 0 fully saturated rings. The van der Waals surface area contributed by atoms with E-state index in [2.05, 4.69) is 0 Å². The molecular weight excluding hydrogens is 376 g/mol. The van der Waals surface area contributed by atoms with Crippen LogP contribution in [0.5, 0.6) is 5.75 Å². The van der Waals surface area contributed by atoms with Gasteiger partial charge in [0.2, 0.25) is 10.0 Å². The Morgan fingerprint density at radius 3 is 2.61 bits per heavy atom. The highest BCUT2D eigenvalue weighted by molar-refractivity contribution is 7.89. The summed E-state index contributed by atoms with van der Waals surface area (Å²) < 4.78 is 31.9. The number of aryl methyl sites for hydroxylation is 1. The van der Waals surface area contributed by atoms with Gasteiger partial charge in [0.15, 0.2) is 6.10 Å². The zero-order valence-corrected chi connectivity index (χ0v) is 17.5. The molecule has 0 spiro atoms. The van der Waals surface area contributed by atoms with Crippen molar-refractivity contribution in [2.45, 2.75) is 37.7 Å². The van der Waals surface area contributed by atoms with Gasteiger partial charge in [-0.15, -0.1) is 0 Å². The summed E-state index contributed by atoms with van der Waals surface area (Å²) in [6.45, 7) is 4.42. The first-order valence-corrected chi connectivity index (χ1v) is 10.8. The van der Waals surface area contributed by atoms with Crippen LogP contribution < -0.4 is 9.64 Å². The van der Waals surface area contributed by atoms with Crippen molar-refractivity contribution in [2.75, 3.05) is 25.5 Å². The van der Waals surface area contributed by atoms with Gasteiger partial charge in [0, 0.05) is 26.3 Å². The number of sulfonamides is 1. The van der Waals surface area contributed by atoms with Crippen LogP contribution in [-0.4, -0.2) is 45.4 Å². The smallest absolute Gasteiger partial charge is 0.268 e. The summed E-state index contributed by atoms with van der Waals surface area (Å²) in [6, 6.07) is 12.6. The summed E-state index contributed by atoms with van der Waals surface area (Å²) in [6.07, 6.45) is 0.586. The molecule has 28 heavy (non-hydrogen) atoms. The number of benzene rings is 2. The highest BCUT2D eigenvalue weighted by atomic mass is 32.2. The third kappa shape index (κ3) is 3.91. The Morgan fingerprint density at radius 2 is 1.96 bits per heavy atom. The van der Waals surface area contributed by atoms with Crippen LogP contribution in [0.15, 0.2) is 47.4 Å². The molecule has 1 amide bonds. The Hall–Kier alpha value is -2.38. The number of carbonyl (C=O) groups excluding carboxylic acids is 1. The lowest BCUT2D eigenvalue weighted by atomic mass is 10.1. The second-order valence-corrected chi connectivity index (χ2v) is 9.30. The predicted molar refractivity (Wildman–Crippen MR) is 109 cm³/mol. The number of amides is 1. The fourth-order valence-corrected chi connectivity index (χ4v) is 4.27. The molecule has 0 aliphatic carbocycles. The zero-order valence-electron chi connectivity index (χ0n) is 16.7. The van der Waals surface area contributed by atoms with Gasteiger partial charge in [0.25, 0.3) is 5.91 Å². The molecule has 2 aromatic carbocycles. The van der Waals surface area contributed by atoms with Gasteiger partial charge in [-0.1, -0.05) is 19.1 Å². The van der Waals surface area contributed by atoms with Crippen LogP contribution in [-0.2, 0) is 21.2 Å². The molecule has 1 aliphatic rings. The van der Waals surface area contributed by atoms with E-state index < -0.39 is 16.1 Å². The largest absolute Gasteiger partial charge is 0.481 e. The molecule has 0 saturated heterocycles. The van der Waals surface area contributed by atoms with Gasteiger partial charge in [0.05, 0.1) is 4.90 Å². The Bertz CT molecular complexity index is 986. The van der Waals surface area contributed by atoms with Gasteiger partial charge in [-0.25, -0.2) is 12.7 Å². The second-order valence-electron chi connectivity index (χ2n) is 7.15. The van der Waals surface area contributed by atoms with E-state index in [9.17, 15) is 13.2 Å². The SMILES string of the molecule is CC[C@H](Oc1cccc(C)c1)C(=O)N1CCc2cc(S(=O)(=O)N(C)C)ccc21. The lowest BCUT2D eigenvalue weighted by Crippen LogP contribution is -2.41. The van der Waals surface area contributed by atoms with Gasteiger partial charge in [-0.05, 0) is 61.2 Å². The fraction of sp³-hybridized carbons (Fsp3) is 0.381. The predicted octanol–water partition coefficient (Wildman–Crippen LogP) is 2.99. The highest BCUT2D eigenvalue weighted by Crippen LogP contribution is 2.32. The van der Waals surface area contributed by atoms with Crippen LogP contribution in [0.25, 0.3) is 0 Å². The van der Waals surface area contributed by atoms with Crippen molar-refractivity contribution in [2.24, 2.45) is 0 Å². The highest BCUT2D eigenvalue weighted by Gasteiger charge is 2.32. The van der Waals surface area contributed by atoms with E-state index in [0.29, 0.717) is 25.1 Å². The summed E-state index contributed by atoms with van der Waals surface area (Å²) >= 11 is 0. The molecule has 0 aromatic heterocycles. The fourth-order valence-electron chi connectivity index (χ4n) is 3.31. The number of hydrogen-bond acceptors (Lipinski definition) is 4. The van der Waals surface area contributed by atoms with Gasteiger partial charge < -0.3 is 9.64 Å². The number of rotatable bonds is 6. The summed E-state index contributed by atoms with van der Waals surface area (Å²) in [5, 5.41) is 0. The van der Waals surface area contributed by atoms with Gasteiger partial charge in [0.1, 0.15) is 5.75 Å². The van der Waals surface area contributed by atoms with Crippen molar-refractivity contribution in [1.82, 2.24) is 4.31 Å². The van der Waals surface area contributed by atoms with Crippen molar-refractivity contribution >= 4 is 21.6 Å². The molecule has 7 heteroatoms. The first kappa shape index (κ1) is 20.4. The molecule has 0 saturated carbocycles. The molecule has 0 radical (unpaired) electrons. The molecule has 0 bridgehead atoms. The average Bonchev–Trinajstić information content (AvgIpc) is 3.08. The molecule has 2 aromatic rings. The van der Waals surface area contributed by atoms with E-state index in [0.717, 1.165) is 16.8 Å². The van der Waals surface area contributed by atoms with Gasteiger partial charge >= 0.3 is 0 Å². The molecule has 1 atom stereocenters. The number of anilines is 1. The number of ether oxygens (including phenoxy) is 1. The maximum atomic E-state index is 13.1. The van der Waals surface area contributed by atoms with E-state index in [1.807, 2.05) is 38.1 Å². The summed E-state index contributed by atoms with van der Waals surface area (Å²) in [5.74, 6) is 0.568. The average molecular weight is 403 g/mol. The van der Waals surface area contributed by atoms with Gasteiger partial charge in [-0.3, -0.25) is 4.79 Å². The number of fused-ring (bicyclic) bond motifs is 1. The van der Waals surface area contributed by atoms with Crippen LogP contribution in [0.4, 0.5) is 5.69 Å². The van der Waals surface area contributed by atoms with Crippen LogP contribution >= 0.6 is 0 Å². The molecule has 3 rings (SSSR count). The van der Waals surface area contributed by atoms with Crippen molar-refractivity contribution in [3.05, 3.63) is 53.6 Å². The van der Waals surface area contributed by atoms with Crippen molar-refractivity contribution < 1.29 is 17.9 Å². The second kappa shape index (κ2) is 7.93. The zero-order chi connectivity index (χ0) is 20.5. The third-order valence-electron chi connectivity index (χ3n) is 4.91. The third-order valence-corrected chi connectivity index (χ3v) is 6.72. The van der Waals surface area contributed by atoms with Gasteiger partial charge in [-0.2, -0.15) is 0 Å². The molecule has 1 aliphatic heterocycles. The van der Waals surface area contributed by atoms with Crippen LogP contribution in [0.1, 0.15) is 24.5 Å². The van der Waals surface area contributed by atoms with E-state index in [4.69, 9.17) is 4.74 Å². The maximum absolute atomic E-state index is 13.1. The number of nitrogens with zero attached hydrogens (tertiary/aromatic N) is 2. The van der Waals surface area contributed by atoms with E-state index in [-0.39, 0.29) is 10.8 Å². The summed E-state index contributed by atoms with van der Waals surface area (Å²) in [4.78, 5) is 15.0. The summed E-state index contributed by atoms with van der Waals surface area (Å²) in [7, 11) is -0.483.